The molecule has 0 aliphatic carbocycles. The van der Waals surface area contributed by atoms with Crippen LogP contribution in [0, 0.1) is 66.4 Å². The van der Waals surface area contributed by atoms with Crippen LogP contribution >= 0.6 is 158 Å². The molecule has 18 rings (SSSR count). The van der Waals surface area contributed by atoms with Crippen molar-refractivity contribution in [2.45, 2.75) is 53.5 Å². The molecule has 18 aromatic rings. The molecule has 0 aliphatic heterocycles. The van der Waals surface area contributed by atoms with Gasteiger partial charge in [0.1, 0.15) is 31.2 Å². The number of rotatable bonds is 24. The quantitative estimate of drug-likeness (QED) is 0.0507. The van der Waals surface area contributed by atoms with Crippen LogP contribution in [0.2, 0.25) is 23.1 Å². The summed E-state index contributed by atoms with van der Waals surface area (Å²) in [6, 6.07) is 31.9. The molecule has 702 valence electrons. The number of ether oxygens (including phenoxy) is 6. The number of nitrogens with zero attached hydrogens (tertiary/aromatic N) is 30. The van der Waals surface area contributed by atoms with Crippen LogP contribution < -0.4 is 62.6 Å². The molecule has 64 heteroatoms. The maximum Gasteiger partial charge on any atom is 0.368 e. The number of thiazole rings is 6. The van der Waals surface area contributed by atoms with E-state index in [1.807, 2.05) is 44.2 Å². The molecule has 0 N–H and O–H groups in total. The van der Waals surface area contributed by atoms with E-state index in [9.17, 15) is 41.9 Å². The maximum atomic E-state index is 12.9. The van der Waals surface area contributed by atoms with Crippen LogP contribution in [0.1, 0.15) is 44.5 Å². The predicted octanol–water partition coefficient (Wildman–Crippen LogP) is 10.6. The molecule has 0 bridgehead atoms. The largest absolute Gasteiger partial charge is 0.550 e. The fourth-order valence-electron chi connectivity index (χ4n) is 10.9. The number of benzene rings is 6. The molecule has 42 nitrogen and oxygen atoms in total. The molecule has 0 spiro atoms. The zero-order valence-corrected chi connectivity index (χ0v) is 101. The van der Waals surface area contributed by atoms with Gasteiger partial charge in [-0.05, 0) is 148 Å². The van der Waals surface area contributed by atoms with Crippen LogP contribution in [0.25, 0.3) is 34.1 Å². The van der Waals surface area contributed by atoms with Crippen molar-refractivity contribution < 1.29 is 238 Å². The van der Waals surface area contributed by atoms with Gasteiger partial charge in [0, 0.05) is 304 Å². The van der Waals surface area contributed by atoms with Gasteiger partial charge in [0.15, 0.2) is 0 Å². The Morgan fingerprint density at radius 1 is 0.283 bits per heavy atom. The third kappa shape index (κ3) is 31.0. The molecule has 0 aliphatic rings. The number of tetrazole rings is 6. The second-order valence-corrected chi connectivity index (χ2v) is 35.7. The Morgan fingerprint density at radius 2 is 0.478 bits per heavy atom. The summed E-state index contributed by atoms with van der Waals surface area (Å²) in [6.07, 6.45) is 14.3. The van der Waals surface area contributed by atoms with Crippen LogP contribution in [-0.4, -0.2) is 149 Å². The first kappa shape index (κ1) is 119. The van der Waals surface area contributed by atoms with Gasteiger partial charge in [-0.1, -0.05) is 157 Å². The fraction of sp³-hybridized carbons (Fsp3) is 0.189. The van der Waals surface area contributed by atoms with Crippen molar-refractivity contribution in [1.29, 1.82) is 0 Å². The van der Waals surface area contributed by atoms with Gasteiger partial charge in [-0.3, -0.25) is 0 Å². The molecule has 138 heavy (non-hydrogen) atoms. The van der Waals surface area contributed by atoms with Crippen molar-refractivity contribution in [2.75, 3.05) is 0 Å². The van der Waals surface area contributed by atoms with Crippen molar-refractivity contribution in [1.82, 2.24) is 149 Å². The van der Waals surface area contributed by atoms with Gasteiger partial charge in [0.25, 0.3) is 0 Å². The van der Waals surface area contributed by atoms with Crippen LogP contribution in [0.15, 0.2) is 147 Å². The molecule has 0 saturated carbocycles. The van der Waals surface area contributed by atoms with Crippen LogP contribution in [0.5, 0.6) is 31.2 Å². The molecule has 0 atom stereocenters. The number of hydrogen-bond acceptors (Lipinski definition) is 36. The topological polar surface area (TPSA) is 449 Å². The van der Waals surface area contributed by atoms with E-state index in [1.54, 1.807) is 85.9 Å². The molecule has 0 amide bonds. The van der Waals surface area contributed by atoms with E-state index in [4.69, 9.17) is 86.4 Å². The minimum Gasteiger partial charge on any atom is -0.550 e. The summed E-state index contributed by atoms with van der Waals surface area (Å²) >= 11 is 42.3. The Bertz CT molecular complexity index is 6400. The Kier molecular flexibility index (Phi) is 48.6. The molecule has 0 fully saturated rings. The van der Waals surface area contributed by atoms with E-state index in [1.165, 1.54) is 76.6 Å². The second-order valence-electron chi connectivity index (χ2n) is 25.8. The van der Waals surface area contributed by atoms with Gasteiger partial charge >= 0.3 is 34.1 Å². The average molecular weight is 2680 g/mol. The van der Waals surface area contributed by atoms with Crippen molar-refractivity contribution in [3.63, 3.8) is 0 Å². The van der Waals surface area contributed by atoms with Crippen molar-refractivity contribution in [3.8, 4) is 65.3 Å². The molecule has 6 radical (unpaired) electrons. The second kappa shape index (κ2) is 56.4. The van der Waals surface area contributed by atoms with Crippen molar-refractivity contribution >= 4 is 158 Å². The van der Waals surface area contributed by atoms with E-state index in [2.05, 4.69) is 162 Å². The van der Waals surface area contributed by atoms with Gasteiger partial charge in [-0.2, -0.15) is 124 Å². The molecular formula is C74H54Br2Cl5F3N30O12S6Y6-6. The molecular weight excluding hydrogens is 2620 g/mol. The van der Waals surface area contributed by atoms with Crippen LogP contribution in [0.4, 0.5) is 13.2 Å². The fourth-order valence-corrected chi connectivity index (χ4v) is 15.8. The Balaban J connectivity index is 0.000000223. The van der Waals surface area contributed by atoms with Crippen molar-refractivity contribution in [3.05, 3.63) is 301 Å². The average Bonchev–Trinajstić information content (AvgIpc) is 1.66. The molecule has 12 aromatic heterocycles. The van der Waals surface area contributed by atoms with Gasteiger partial charge < -0.3 is 58.3 Å². The standard InChI is InChI=1S/C13H11ClN5O2S.C13H11FN5O2S.C12H8BrClN5O2S.C12H8BrFN5O2S.C12H8Cl2N5O2S.C12H8ClFN5O2S.6Y/c2*1-8-4-3-5-10(19-13(20)18(2)16-17-19)9(8)7-21-12-15-6-11(14)22-12;4*1-18-12(20)19(17-16-18)9-4-2-3-8(13)7(9)6-21-11-15-5-10(14)22-11;;;;;;/h2*3-5H,7H2,1-2H3;4*2-4H,6H2,1H3;;;;;;/q6*-1;;;;;;. The van der Waals surface area contributed by atoms with E-state index < -0.39 is 21.1 Å². The summed E-state index contributed by atoms with van der Waals surface area (Å²) in [5, 5.41) is 45.9. The summed E-state index contributed by atoms with van der Waals surface area (Å²) in [4.78, 5) is 94.7. The Hall–Kier alpha value is -6.06. The van der Waals surface area contributed by atoms with Gasteiger partial charge in [0.05, 0.1) is 89.2 Å². The summed E-state index contributed by atoms with van der Waals surface area (Å²) in [6.45, 7) is 4.57. The number of aromatic nitrogens is 30. The summed E-state index contributed by atoms with van der Waals surface area (Å²) < 4.78 is 88.3. The van der Waals surface area contributed by atoms with Crippen LogP contribution in [-0.2, 0) is 278 Å². The van der Waals surface area contributed by atoms with E-state index in [-0.39, 0.29) is 280 Å². The molecule has 0 saturated heterocycles. The Labute approximate surface area is 992 Å². The minimum atomic E-state index is -0.570. The first-order chi connectivity index (χ1) is 63.4. The first-order valence-corrected chi connectivity index (χ1v) is 45.0. The number of halogens is 10. The minimum absolute atomic E-state index is 0. The summed E-state index contributed by atoms with van der Waals surface area (Å²) in [7, 11) is 9.11. The first-order valence-electron chi connectivity index (χ1n) is 36.6. The smallest absolute Gasteiger partial charge is 0.368 e. The zero-order valence-electron chi connectivity index (χ0n) is 71.6. The Morgan fingerprint density at radius 3 is 0.688 bits per heavy atom. The molecule has 12 heterocycles. The van der Waals surface area contributed by atoms with E-state index in [0.717, 1.165) is 120 Å². The van der Waals surface area contributed by atoms with E-state index in [0.29, 0.717) is 89.4 Å². The SMILES string of the molecule is Cc1cccc(-n2nnn(C)c2=O)c1COc1n[c-]c(Cl)s1.Cc1cccc(-n2nnn(C)c2=O)c1COc1n[c-]c(F)s1.Cn1nnn(-c2cccc(Br)c2COc2n[c-]c(Cl)s2)c1=O.Cn1nnn(-c2cccc(Br)c2COc2n[c-]c(F)s2)c1=O.Cn1nnn(-c2cccc(Cl)c2COc2n[c-]c(Cl)s2)c1=O.Cn1nnn(-c2cccc(Cl)c2COc2n[c-]c(F)s2)c1=O.[Y].[Y].[Y].[Y].[Y].[Y]. The van der Waals surface area contributed by atoms with Gasteiger partial charge in [-0.25, -0.2) is 41.9 Å². The molecule has 0 unspecified atom stereocenters. The summed E-state index contributed by atoms with van der Waals surface area (Å²) in [5.74, 6) is 0. The monoisotopic (exact) mass is 2670 g/mol. The third-order valence-corrected chi connectivity index (χ3v) is 24.4. The van der Waals surface area contributed by atoms with E-state index >= 15 is 0 Å². The number of aryl methyl sites for hydroxylation is 8. The summed E-state index contributed by atoms with van der Waals surface area (Å²) in [5.41, 5.74) is 7.02. The predicted molar refractivity (Wildman–Crippen MR) is 481 cm³/mol. The van der Waals surface area contributed by atoms with Crippen molar-refractivity contribution in [2.24, 2.45) is 42.3 Å². The third-order valence-electron chi connectivity index (χ3n) is 17.4. The molecule has 6 aromatic carbocycles. The van der Waals surface area contributed by atoms with Gasteiger partial charge in [0.2, 0.25) is 0 Å². The van der Waals surface area contributed by atoms with Gasteiger partial charge in [-0.15, -0.1) is 18.6 Å². The van der Waals surface area contributed by atoms with Crippen LogP contribution in [0.3, 0.4) is 0 Å². The normalized spacial score (nSPS) is 10.4. The number of hydrogen-bond donors (Lipinski definition) is 0. The zero-order chi connectivity index (χ0) is 94.1. The maximum absolute atomic E-state index is 12.9.